The number of allylic oxidation sites excluding steroid dienone is 3. The van der Waals surface area contributed by atoms with Crippen molar-refractivity contribution in [3.05, 3.63) is 23.8 Å². The van der Waals surface area contributed by atoms with Gasteiger partial charge in [0.05, 0.1) is 6.10 Å². The van der Waals surface area contributed by atoms with Gasteiger partial charge < -0.3 is 5.11 Å². The number of aliphatic hydroxyl groups is 1. The second kappa shape index (κ2) is 4.22. The van der Waals surface area contributed by atoms with Crippen molar-refractivity contribution in [2.24, 2.45) is 28.6 Å². The van der Waals surface area contributed by atoms with Crippen LogP contribution in [0.1, 0.15) is 58.8 Å². The van der Waals surface area contributed by atoms with Crippen LogP contribution in [-0.2, 0) is 0 Å². The van der Waals surface area contributed by atoms with Crippen molar-refractivity contribution in [3.63, 3.8) is 0 Å². The van der Waals surface area contributed by atoms with Crippen molar-refractivity contribution < 1.29 is 5.11 Å². The lowest BCUT2D eigenvalue weighted by Crippen LogP contribution is -2.49. The van der Waals surface area contributed by atoms with Crippen molar-refractivity contribution in [2.45, 2.75) is 64.9 Å². The molecule has 0 aromatic carbocycles. The predicted molar refractivity (Wildman–Crippen MR) is 82.2 cm³/mol. The van der Waals surface area contributed by atoms with E-state index >= 15 is 0 Å². The quantitative estimate of drug-likeness (QED) is 0.645. The fraction of sp³-hybridized carbons (Fsp3) is 0.789. The van der Waals surface area contributed by atoms with Crippen LogP contribution < -0.4 is 0 Å². The van der Waals surface area contributed by atoms with Crippen molar-refractivity contribution in [1.29, 1.82) is 0 Å². The Morgan fingerprint density at radius 3 is 2.80 bits per heavy atom. The molecular formula is C19H28O. The highest BCUT2D eigenvalue weighted by Gasteiger charge is 2.54. The first-order valence-electron chi connectivity index (χ1n) is 8.60. The minimum atomic E-state index is -0.170. The summed E-state index contributed by atoms with van der Waals surface area (Å²) in [5, 5.41) is 9.96. The second-order valence-electron chi connectivity index (χ2n) is 8.31. The van der Waals surface area contributed by atoms with Gasteiger partial charge in [0.25, 0.3) is 0 Å². The zero-order valence-corrected chi connectivity index (χ0v) is 12.9. The van der Waals surface area contributed by atoms with E-state index in [9.17, 15) is 5.11 Å². The molecule has 0 aromatic rings. The normalized spacial score (nSPS) is 53.9. The first kappa shape index (κ1) is 13.1. The molecule has 1 heteroatoms. The zero-order valence-electron chi connectivity index (χ0n) is 12.9. The van der Waals surface area contributed by atoms with E-state index in [4.69, 9.17) is 0 Å². The molecule has 4 aliphatic carbocycles. The number of rotatable bonds is 0. The van der Waals surface area contributed by atoms with Crippen LogP contribution >= 0.6 is 0 Å². The first-order chi connectivity index (χ1) is 9.53. The van der Waals surface area contributed by atoms with E-state index in [1.807, 2.05) is 0 Å². The minimum Gasteiger partial charge on any atom is -0.389 e. The summed E-state index contributed by atoms with van der Waals surface area (Å²) in [5.74, 6) is 2.68. The van der Waals surface area contributed by atoms with E-state index in [0.717, 1.165) is 24.2 Å². The van der Waals surface area contributed by atoms with Gasteiger partial charge in [-0.05, 0) is 73.5 Å². The summed E-state index contributed by atoms with van der Waals surface area (Å²) in [5.41, 5.74) is 2.48. The monoisotopic (exact) mass is 272 g/mol. The standard InChI is InChI=1S/C19H28O/c1-18-9-3-4-16(18)15-6-5-13-12-14(20)7-11-19(13,2)17(15)8-10-18/h3,9,12,14-17,20H,4-8,10-11H2,1-2H3/t14?,15-,16-,17+,18-,19-/m0/s1. The Balaban J connectivity index is 1.68. The van der Waals surface area contributed by atoms with Gasteiger partial charge in [-0.2, -0.15) is 0 Å². The molecule has 1 nitrogen and oxygen atoms in total. The Labute approximate surface area is 123 Å². The van der Waals surface area contributed by atoms with Gasteiger partial charge in [-0.3, -0.25) is 0 Å². The van der Waals surface area contributed by atoms with Gasteiger partial charge in [0.15, 0.2) is 0 Å². The lowest BCUT2D eigenvalue weighted by molar-refractivity contribution is -0.0309. The molecule has 1 unspecified atom stereocenters. The summed E-state index contributed by atoms with van der Waals surface area (Å²) in [4.78, 5) is 0. The third-order valence-corrected chi connectivity index (χ3v) is 7.42. The van der Waals surface area contributed by atoms with Crippen molar-refractivity contribution in [2.75, 3.05) is 0 Å². The van der Waals surface area contributed by atoms with E-state index in [-0.39, 0.29) is 6.10 Å². The third-order valence-electron chi connectivity index (χ3n) is 7.42. The van der Waals surface area contributed by atoms with Crippen LogP contribution in [0.3, 0.4) is 0 Å². The van der Waals surface area contributed by atoms with Crippen LogP contribution in [0, 0.1) is 28.6 Å². The topological polar surface area (TPSA) is 20.2 Å². The maximum absolute atomic E-state index is 9.96. The summed E-state index contributed by atoms with van der Waals surface area (Å²) >= 11 is 0. The van der Waals surface area contributed by atoms with Gasteiger partial charge in [0.1, 0.15) is 0 Å². The Hall–Kier alpha value is -0.560. The lowest BCUT2D eigenvalue weighted by Gasteiger charge is -2.57. The highest BCUT2D eigenvalue weighted by Crippen LogP contribution is 2.63. The largest absolute Gasteiger partial charge is 0.389 e. The molecule has 0 aromatic heterocycles. The molecular weight excluding hydrogens is 244 g/mol. The summed E-state index contributed by atoms with van der Waals surface area (Å²) in [6.07, 6.45) is 15.9. The molecule has 4 rings (SSSR count). The van der Waals surface area contributed by atoms with E-state index in [1.165, 1.54) is 38.5 Å². The highest BCUT2D eigenvalue weighted by molar-refractivity contribution is 5.26. The maximum Gasteiger partial charge on any atom is 0.0724 e. The molecule has 110 valence electrons. The molecule has 0 spiro atoms. The van der Waals surface area contributed by atoms with Gasteiger partial charge in [0.2, 0.25) is 0 Å². The van der Waals surface area contributed by atoms with Crippen LogP contribution in [0.25, 0.3) is 0 Å². The molecule has 0 radical (unpaired) electrons. The number of hydrogen-bond acceptors (Lipinski definition) is 1. The van der Waals surface area contributed by atoms with Gasteiger partial charge in [-0.15, -0.1) is 0 Å². The van der Waals surface area contributed by atoms with Crippen LogP contribution in [0.4, 0.5) is 0 Å². The number of hydrogen-bond donors (Lipinski definition) is 1. The SMILES string of the molecule is C[C@@]12C=CC[C@H]1[C@@H]1CCC3=CC(O)CC[C@]3(C)[C@@H]1CC2. The Morgan fingerprint density at radius 1 is 1.10 bits per heavy atom. The van der Waals surface area contributed by atoms with Gasteiger partial charge in [-0.1, -0.05) is 37.6 Å². The first-order valence-corrected chi connectivity index (χ1v) is 8.60. The molecule has 0 saturated heterocycles. The van der Waals surface area contributed by atoms with Crippen molar-refractivity contribution in [1.82, 2.24) is 0 Å². The second-order valence-corrected chi connectivity index (χ2v) is 8.31. The average Bonchev–Trinajstić information content (AvgIpc) is 2.81. The zero-order chi connectivity index (χ0) is 14.0. The summed E-state index contributed by atoms with van der Waals surface area (Å²) < 4.78 is 0. The van der Waals surface area contributed by atoms with Gasteiger partial charge in [0, 0.05) is 0 Å². The Kier molecular flexibility index (Phi) is 2.77. The van der Waals surface area contributed by atoms with Gasteiger partial charge in [-0.25, -0.2) is 0 Å². The van der Waals surface area contributed by atoms with Crippen LogP contribution in [0.15, 0.2) is 23.8 Å². The molecule has 4 aliphatic rings. The van der Waals surface area contributed by atoms with E-state index in [0.29, 0.717) is 10.8 Å². The lowest BCUT2D eigenvalue weighted by atomic mass is 9.47. The van der Waals surface area contributed by atoms with E-state index in [2.05, 4.69) is 32.1 Å². The molecule has 0 amide bonds. The van der Waals surface area contributed by atoms with Crippen molar-refractivity contribution in [3.8, 4) is 0 Å². The van der Waals surface area contributed by atoms with Crippen LogP contribution in [0.2, 0.25) is 0 Å². The molecule has 2 saturated carbocycles. The summed E-state index contributed by atoms with van der Waals surface area (Å²) in [7, 11) is 0. The number of aliphatic hydroxyl groups excluding tert-OH is 1. The fourth-order valence-corrected chi connectivity index (χ4v) is 6.19. The maximum atomic E-state index is 9.96. The Morgan fingerprint density at radius 2 is 1.95 bits per heavy atom. The number of fused-ring (bicyclic) bond motifs is 5. The smallest absolute Gasteiger partial charge is 0.0724 e. The third kappa shape index (κ3) is 1.65. The molecule has 0 heterocycles. The summed E-state index contributed by atoms with van der Waals surface area (Å²) in [6, 6.07) is 0. The molecule has 2 fully saturated rings. The van der Waals surface area contributed by atoms with Crippen LogP contribution in [0.5, 0.6) is 0 Å². The minimum absolute atomic E-state index is 0.170. The average molecular weight is 272 g/mol. The van der Waals surface area contributed by atoms with Gasteiger partial charge >= 0.3 is 0 Å². The molecule has 1 N–H and O–H groups in total. The predicted octanol–water partition coefficient (Wildman–Crippen LogP) is 4.48. The molecule has 20 heavy (non-hydrogen) atoms. The van der Waals surface area contributed by atoms with Crippen molar-refractivity contribution >= 4 is 0 Å². The summed E-state index contributed by atoms with van der Waals surface area (Å²) in [6.45, 7) is 5.00. The Bertz CT molecular complexity index is 476. The fourth-order valence-electron chi connectivity index (χ4n) is 6.19. The molecule has 0 bridgehead atoms. The highest BCUT2D eigenvalue weighted by atomic mass is 16.3. The molecule has 6 atom stereocenters. The molecule has 0 aliphatic heterocycles. The van der Waals surface area contributed by atoms with Crippen LogP contribution in [-0.4, -0.2) is 11.2 Å². The van der Waals surface area contributed by atoms with E-state index < -0.39 is 0 Å². The van der Waals surface area contributed by atoms with E-state index in [1.54, 1.807) is 5.57 Å².